The van der Waals surface area contributed by atoms with Gasteiger partial charge < -0.3 is 10.5 Å². The fourth-order valence-corrected chi connectivity index (χ4v) is 6.20. The van der Waals surface area contributed by atoms with Gasteiger partial charge in [0.25, 0.3) is 0 Å². The monoisotopic (exact) mass is 420 g/mol. The van der Waals surface area contributed by atoms with E-state index in [-0.39, 0.29) is 35.8 Å². The van der Waals surface area contributed by atoms with Gasteiger partial charge in [-0.1, -0.05) is 24.3 Å². The van der Waals surface area contributed by atoms with E-state index in [1.54, 1.807) is 12.3 Å². The van der Waals surface area contributed by atoms with Gasteiger partial charge in [0.1, 0.15) is 11.9 Å². The van der Waals surface area contributed by atoms with E-state index < -0.39 is 0 Å². The van der Waals surface area contributed by atoms with Crippen molar-refractivity contribution in [3.63, 3.8) is 0 Å². The maximum Gasteiger partial charge on any atom is 0.309 e. The maximum atomic E-state index is 13.5. The van der Waals surface area contributed by atoms with E-state index in [4.69, 9.17) is 10.5 Å². The highest BCUT2D eigenvalue weighted by Gasteiger charge is 2.54. The molecule has 5 heteroatoms. The van der Waals surface area contributed by atoms with Crippen LogP contribution in [0.3, 0.4) is 0 Å². The van der Waals surface area contributed by atoms with E-state index in [9.17, 15) is 9.18 Å². The fourth-order valence-electron chi connectivity index (χ4n) is 6.20. The molecule has 1 aromatic heterocycles. The number of aromatic nitrogens is 1. The van der Waals surface area contributed by atoms with Crippen LogP contribution in [-0.4, -0.2) is 23.1 Å². The van der Waals surface area contributed by atoms with Gasteiger partial charge in [-0.25, -0.2) is 4.39 Å². The van der Waals surface area contributed by atoms with Crippen molar-refractivity contribution in [1.82, 2.24) is 4.98 Å². The third-order valence-electron chi connectivity index (χ3n) is 7.62. The number of nitrogens with zero attached hydrogens (tertiary/aromatic N) is 1. The lowest BCUT2D eigenvalue weighted by atomic mass is 9.57. The number of rotatable bonds is 3. The highest BCUT2D eigenvalue weighted by Crippen LogP contribution is 2.53. The van der Waals surface area contributed by atoms with Crippen molar-refractivity contribution in [2.75, 3.05) is 0 Å². The number of hydrogen-bond acceptors (Lipinski definition) is 4. The Morgan fingerprint density at radius 1 is 1.16 bits per heavy atom. The van der Waals surface area contributed by atoms with Gasteiger partial charge in [-0.15, -0.1) is 0 Å². The third-order valence-corrected chi connectivity index (χ3v) is 7.62. The van der Waals surface area contributed by atoms with Crippen molar-refractivity contribution in [3.8, 4) is 11.1 Å². The summed E-state index contributed by atoms with van der Waals surface area (Å²) in [7, 11) is 0. The average Bonchev–Trinajstić information content (AvgIpc) is 3.04. The smallest absolute Gasteiger partial charge is 0.309 e. The highest BCUT2D eigenvalue weighted by atomic mass is 19.1. The number of carbonyl (C=O) groups excluding carboxylic acids is 1. The number of allylic oxidation sites excluding steroid dienone is 1. The quantitative estimate of drug-likeness (QED) is 0.722. The zero-order valence-corrected chi connectivity index (χ0v) is 17.8. The summed E-state index contributed by atoms with van der Waals surface area (Å²) in [6, 6.07) is 10.7. The summed E-state index contributed by atoms with van der Waals surface area (Å²) in [6.07, 6.45) is 10.1. The molecule has 2 aromatic rings. The van der Waals surface area contributed by atoms with Crippen LogP contribution >= 0.6 is 0 Å². The summed E-state index contributed by atoms with van der Waals surface area (Å²) in [4.78, 5) is 17.1. The van der Waals surface area contributed by atoms with E-state index in [1.165, 1.54) is 12.1 Å². The molecule has 2 saturated carbocycles. The zero-order chi connectivity index (χ0) is 21.5. The second-order valence-electron chi connectivity index (χ2n) is 9.48. The Bertz CT molecular complexity index is 989. The van der Waals surface area contributed by atoms with Crippen molar-refractivity contribution >= 4 is 12.0 Å². The fraction of sp³-hybridized carbons (Fsp3) is 0.462. The molecule has 3 fully saturated rings. The largest absolute Gasteiger partial charge is 0.462 e. The van der Waals surface area contributed by atoms with Crippen LogP contribution in [0.15, 0.2) is 48.7 Å². The van der Waals surface area contributed by atoms with Crippen molar-refractivity contribution in [1.29, 1.82) is 0 Å². The number of nitrogens with two attached hydrogens (primary N) is 1. The number of fused-ring (bicyclic) bond motifs is 2. The lowest BCUT2D eigenvalue weighted by molar-refractivity contribution is -0.144. The van der Waals surface area contributed by atoms with E-state index in [2.05, 4.69) is 17.1 Å². The van der Waals surface area contributed by atoms with Crippen LogP contribution in [0.1, 0.15) is 38.3 Å². The van der Waals surface area contributed by atoms with Crippen LogP contribution in [0, 0.1) is 35.4 Å². The predicted octanol–water partition coefficient (Wildman–Crippen LogP) is 4.84. The van der Waals surface area contributed by atoms with Crippen LogP contribution in [-0.2, 0) is 9.53 Å². The summed E-state index contributed by atoms with van der Waals surface area (Å²) in [6.45, 7) is 2.03. The summed E-state index contributed by atoms with van der Waals surface area (Å²) in [5.74, 6) is 1.25. The van der Waals surface area contributed by atoms with Gasteiger partial charge in [-0.2, -0.15) is 0 Å². The van der Waals surface area contributed by atoms with Crippen molar-refractivity contribution in [2.24, 2.45) is 35.3 Å². The van der Waals surface area contributed by atoms with Gasteiger partial charge in [0.15, 0.2) is 0 Å². The normalized spacial score (nSPS) is 34.9. The number of halogens is 1. The molecule has 0 unspecified atom stereocenters. The van der Waals surface area contributed by atoms with Gasteiger partial charge >= 0.3 is 5.97 Å². The number of esters is 1. The van der Waals surface area contributed by atoms with E-state index in [0.29, 0.717) is 17.8 Å². The van der Waals surface area contributed by atoms with Gasteiger partial charge in [0, 0.05) is 23.7 Å². The maximum absolute atomic E-state index is 13.5. The molecule has 2 N–H and O–H groups in total. The van der Waals surface area contributed by atoms with Gasteiger partial charge in [-0.3, -0.25) is 9.78 Å². The summed E-state index contributed by atoms with van der Waals surface area (Å²) in [5, 5.41) is 0. The molecule has 7 atom stereocenters. The van der Waals surface area contributed by atoms with Crippen LogP contribution in [0.25, 0.3) is 17.2 Å². The molecule has 4 nitrogen and oxygen atoms in total. The van der Waals surface area contributed by atoms with Gasteiger partial charge in [0.2, 0.25) is 0 Å². The number of cyclic esters (lactones) is 1. The minimum Gasteiger partial charge on any atom is -0.462 e. The predicted molar refractivity (Wildman–Crippen MR) is 118 cm³/mol. The molecule has 1 aliphatic heterocycles. The van der Waals surface area contributed by atoms with E-state index in [0.717, 1.165) is 42.5 Å². The number of pyridine rings is 1. The molecule has 0 spiro atoms. The topological polar surface area (TPSA) is 65.2 Å². The SMILES string of the molecule is C[C@H]1OC(=O)[C@@H]2C[C@@H]3C[C@@H](N)CC[C@H]3[C@H](C=Cc3ccc(-c4cccc(F)c4)cn3)[C@H]12. The molecular weight excluding hydrogens is 391 g/mol. The Labute approximate surface area is 182 Å². The average molecular weight is 421 g/mol. The van der Waals surface area contributed by atoms with Crippen LogP contribution in [0.4, 0.5) is 4.39 Å². The Morgan fingerprint density at radius 2 is 2.03 bits per heavy atom. The molecule has 1 aromatic carbocycles. The second kappa shape index (κ2) is 8.19. The highest BCUT2D eigenvalue weighted by molar-refractivity contribution is 5.75. The molecule has 0 amide bonds. The molecule has 2 aliphatic carbocycles. The zero-order valence-electron chi connectivity index (χ0n) is 17.8. The van der Waals surface area contributed by atoms with Crippen molar-refractivity contribution in [2.45, 2.75) is 44.8 Å². The molecule has 3 aliphatic rings. The minimum atomic E-state index is -0.252. The molecule has 2 heterocycles. The van der Waals surface area contributed by atoms with E-state index >= 15 is 0 Å². The Balaban J connectivity index is 1.39. The summed E-state index contributed by atoms with van der Waals surface area (Å²) >= 11 is 0. The Kier molecular flexibility index (Phi) is 5.39. The van der Waals surface area contributed by atoms with Gasteiger partial charge in [-0.05, 0) is 80.2 Å². The lowest BCUT2D eigenvalue weighted by Crippen LogP contribution is -2.46. The molecular formula is C26H29FN2O2. The van der Waals surface area contributed by atoms with Crippen LogP contribution in [0.2, 0.25) is 0 Å². The van der Waals surface area contributed by atoms with Crippen molar-refractivity contribution < 1.29 is 13.9 Å². The number of ether oxygens (including phenoxy) is 1. The lowest BCUT2D eigenvalue weighted by Gasteiger charge is -2.47. The third kappa shape index (κ3) is 3.91. The van der Waals surface area contributed by atoms with Crippen molar-refractivity contribution in [3.05, 3.63) is 60.2 Å². The van der Waals surface area contributed by atoms with Crippen LogP contribution in [0.5, 0.6) is 0 Å². The first-order chi connectivity index (χ1) is 15.0. The first kappa shape index (κ1) is 20.4. The minimum absolute atomic E-state index is 0.0143. The van der Waals surface area contributed by atoms with Gasteiger partial charge in [0.05, 0.1) is 11.6 Å². The van der Waals surface area contributed by atoms with Crippen LogP contribution < -0.4 is 5.73 Å². The summed E-state index contributed by atoms with van der Waals surface area (Å²) < 4.78 is 19.2. The molecule has 31 heavy (non-hydrogen) atoms. The Morgan fingerprint density at radius 3 is 2.81 bits per heavy atom. The van der Waals surface area contributed by atoms with E-state index in [1.807, 2.05) is 25.1 Å². The molecule has 1 saturated heterocycles. The standard InChI is InChI=1S/C26H29FN2O2/c1-15-25-23(22-9-6-20(28)12-18(22)13-24(25)26(30)31-15)10-8-21-7-5-17(14-29-21)16-3-2-4-19(27)11-16/h2-5,7-8,10-11,14-15,18,20,22-25H,6,9,12-13,28H2,1H3/t15-,18+,20+,22-,23+,24-,25+/m1/s1. The number of carbonyl (C=O) groups is 1. The first-order valence-electron chi connectivity index (χ1n) is 11.4. The molecule has 162 valence electrons. The second-order valence-corrected chi connectivity index (χ2v) is 9.48. The molecule has 0 bridgehead atoms. The Hall–Kier alpha value is -2.53. The molecule has 5 rings (SSSR count). The summed E-state index contributed by atoms with van der Waals surface area (Å²) in [5.41, 5.74) is 8.82. The first-order valence-corrected chi connectivity index (χ1v) is 11.4. The number of hydrogen-bond donors (Lipinski definition) is 1. The molecule has 0 radical (unpaired) electrons. The number of benzene rings is 1.